The Labute approximate surface area is 95.8 Å². The number of methoxy groups -OCH3 is 1. The molecule has 2 unspecified atom stereocenters. The maximum absolute atomic E-state index is 12.2. The van der Waals surface area contributed by atoms with Crippen LogP contribution >= 0.6 is 0 Å². The molecule has 1 aliphatic heterocycles. The molecule has 1 aliphatic rings. The summed E-state index contributed by atoms with van der Waals surface area (Å²) in [6, 6.07) is 7.35. The Morgan fingerprint density at radius 3 is 2.50 bits per heavy atom. The Balaban J connectivity index is 2.14. The number of hydrogen-bond donors (Lipinski definition) is 1. The minimum atomic E-state index is 0.119. The molecule has 1 aromatic rings. The van der Waals surface area contributed by atoms with Crippen molar-refractivity contribution in [3.05, 3.63) is 29.8 Å². The van der Waals surface area contributed by atoms with Gasteiger partial charge in [-0.15, -0.1) is 0 Å². The van der Waals surface area contributed by atoms with Gasteiger partial charge in [-0.05, 0) is 36.7 Å². The molecule has 86 valence electrons. The second-order valence-electron chi connectivity index (χ2n) is 4.33. The fourth-order valence-electron chi connectivity index (χ4n) is 2.13. The maximum atomic E-state index is 12.2. The number of rotatable bonds is 3. The summed E-state index contributed by atoms with van der Waals surface area (Å²) in [6.07, 6.45) is 0. The molecule has 1 heterocycles. The molecule has 1 N–H and O–H groups in total. The first kappa shape index (κ1) is 11.1. The Bertz CT molecular complexity index is 372. The van der Waals surface area contributed by atoms with Gasteiger partial charge in [0, 0.05) is 18.0 Å². The number of nitrogens with one attached hydrogen (secondary N) is 1. The van der Waals surface area contributed by atoms with Crippen LogP contribution in [0, 0.1) is 11.8 Å². The highest BCUT2D eigenvalue weighted by Crippen LogP contribution is 2.22. The molecule has 16 heavy (non-hydrogen) atoms. The van der Waals surface area contributed by atoms with Gasteiger partial charge >= 0.3 is 0 Å². The highest BCUT2D eigenvalue weighted by molar-refractivity contribution is 5.98. The molecular weight excluding hydrogens is 202 g/mol. The van der Waals surface area contributed by atoms with E-state index in [1.165, 1.54) is 0 Å². The van der Waals surface area contributed by atoms with Crippen molar-refractivity contribution in [2.45, 2.75) is 6.92 Å². The molecule has 1 saturated heterocycles. The molecule has 3 nitrogen and oxygen atoms in total. The number of Topliss-reactive ketones (excluding diaryl/α,β-unsaturated/α-hetero) is 1. The van der Waals surface area contributed by atoms with Gasteiger partial charge < -0.3 is 10.1 Å². The van der Waals surface area contributed by atoms with Crippen LogP contribution in [0.15, 0.2) is 24.3 Å². The lowest BCUT2D eigenvalue weighted by molar-refractivity contribution is 0.0907. The van der Waals surface area contributed by atoms with E-state index in [4.69, 9.17) is 4.74 Å². The van der Waals surface area contributed by atoms with Gasteiger partial charge in [0.25, 0.3) is 0 Å². The minimum absolute atomic E-state index is 0.119. The van der Waals surface area contributed by atoms with Crippen LogP contribution in [-0.4, -0.2) is 26.0 Å². The number of ether oxygens (including phenoxy) is 1. The largest absolute Gasteiger partial charge is 0.497 e. The van der Waals surface area contributed by atoms with Gasteiger partial charge in [0.1, 0.15) is 5.75 Å². The summed E-state index contributed by atoms with van der Waals surface area (Å²) in [5.41, 5.74) is 0.779. The smallest absolute Gasteiger partial charge is 0.167 e. The zero-order valence-electron chi connectivity index (χ0n) is 9.69. The minimum Gasteiger partial charge on any atom is -0.497 e. The quantitative estimate of drug-likeness (QED) is 0.787. The van der Waals surface area contributed by atoms with Crippen molar-refractivity contribution in [1.82, 2.24) is 5.32 Å². The van der Waals surface area contributed by atoms with Crippen molar-refractivity contribution in [2.24, 2.45) is 11.8 Å². The Hall–Kier alpha value is -1.35. The summed E-state index contributed by atoms with van der Waals surface area (Å²) in [5, 5.41) is 3.25. The maximum Gasteiger partial charge on any atom is 0.167 e. The average molecular weight is 219 g/mol. The predicted octanol–water partition coefficient (Wildman–Crippen LogP) is 1.73. The molecule has 0 aliphatic carbocycles. The lowest BCUT2D eigenvalue weighted by Gasteiger charge is -2.12. The SMILES string of the molecule is COc1ccc(C(=O)C2CNCC2C)cc1. The molecule has 0 aromatic heterocycles. The first-order valence-corrected chi connectivity index (χ1v) is 5.61. The molecule has 0 radical (unpaired) electrons. The van der Waals surface area contributed by atoms with E-state index in [0.29, 0.717) is 5.92 Å². The molecule has 1 aromatic carbocycles. The molecule has 3 heteroatoms. The third-order valence-electron chi connectivity index (χ3n) is 3.23. The fraction of sp³-hybridized carbons (Fsp3) is 0.462. The number of carbonyl (C=O) groups excluding carboxylic acids is 1. The van der Waals surface area contributed by atoms with Crippen LogP contribution in [0.2, 0.25) is 0 Å². The van der Waals surface area contributed by atoms with Crippen molar-refractivity contribution in [3.63, 3.8) is 0 Å². The third-order valence-corrected chi connectivity index (χ3v) is 3.23. The van der Waals surface area contributed by atoms with E-state index in [1.807, 2.05) is 24.3 Å². The monoisotopic (exact) mass is 219 g/mol. The van der Waals surface area contributed by atoms with Crippen LogP contribution in [0.4, 0.5) is 0 Å². The molecule has 1 fully saturated rings. The van der Waals surface area contributed by atoms with Crippen LogP contribution in [0.5, 0.6) is 5.75 Å². The average Bonchev–Trinajstić information content (AvgIpc) is 2.75. The summed E-state index contributed by atoms with van der Waals surface area (Å²) in [6.45, 7) is 3.85. The zero-order chi connectivity index (χ0) is 11.5. The Kier molecular flexibility index (Phi) is 3.25. The van der Waals surface area contributed by atoms with E-state index in [9.17, 15) is 4.79 Å². The molecule has 0 bridgehead atoms. The predicted molar refractivity (Wildman–Crippen MR) is 62.8 cm³/mol. The number of ketones is 1. The summed E-state index contributed by atoms with van der Waals surface area (Å²) in [4.78, 5) is 12.2. The fourth-order valence-corrected chi connectivity index (χ4v) is 2.13. The summed E-state index contributed by atoms with van der Waals surface area (Å²) < 4.78 is 5.07. The molecular formula is C13H17NO2. The van der Waals surface area contributed by atoms with Gasteiger partial charge in [-0.2, -0.15) is 0 Å². The standard InChI is InChI=1S/C13H17NO2/c1-9-7-14-8-12(9)13(15)10-3-5-11(16-2)6-4-10/h3-6,9,12,14H,7-8H2,1-2H3. The Morgan fingerprint density at radius 2 is 2.00 bits per heavy atom. The van der Waals surface area contributed by atoms with E-state index in [-0.39, 0.29) is 11.7 Å². The summed E-state index contributed by atoms with van der Waals surface area (Å²) >= 11 is 0. The van der Waals surface area contributed by atoms with E-state index in [1.54, 1.807) is 7.11 Å². The number of hydrogen-bond acceptors (Lipinski definition) is 3. The lowest BCUT2D eigenvalue weighted by Crippen LogP contribution is -2.21. The molecule has 0 amide bonds. The lowest BCUT2D eigenvalue weighted by atomic mass is 9.90. The zero-order valence-corrected chi connectivity index (χ0v) is 9.69. The van der Waals surface area contributed by atoms with E-state index in [0.717, 1.165) is 24.4 Å². The summed E-state index contributed by atoms with van der Waals surface area (Å²) in [7, 11) is 1.62. The van der Waals surface area contributed by atoms with Crippen molar-refractivity contribution < 1.29 is 9.53 Å². The van der Waals surface area contributed by atoms with Gasteiger partial charge in [-0.25, -0.2) is 0 Å². The number of benzene rings is 1. The first-order chi connectivity index (χ1) is 7.72. The first-order valence-electron chi connectivity index (χ1n) is 5.61. The highest BCUT2D eigenvalue weighted by Gasteiger charge is 2.29. The summed E-state index contributed by atoms with van der Waals surface area (Å²) in [5.74, 6) is 1.57. The Morgan fingerprint density at radius 1 is 1.31 bits per heavy atom. The van der Waals surface area contributed by atoms with Crippen molar-refractivity contribution in [1.29, 1.82) is 0 Å². The topological polar surface area (TPSA) is 38.3 Å². The van der Waals surface area contributed by atoms with Crippen molar-refractivity contribution in [2.75, 3.05) is 20.2 Å². The van der Waals surface area contributed by atoms with Crippen LogP contribution in [-0.2, 0) is 0 Å². The second kappa shape index (κ2) is 4.66. The van der Waals surface area contributed by atoms with Gasteiger partial charge in [0.05, 0.1) is 7.11 Å². The van der Waals surface area contributed by atoms with Crippen LogP contribution < -0.4 is 10.1 Å². The second-order valence-corrected chi connectivity index (χ2v) is 4.33. The molecule has 0 spiro atoms. The van der Waals surface area contributed by atoms with Crippen LogP contribution in [0.1, 0.15) is 17.3 Å². The van der Waals surface area contributed by atoms with Gasteiger partial charge in [0.15, 0.2) is 5.78 Å². The van der Waals surface area contributed by atoms with Crippen molar-refractivity contribution in [3.8, 4) is 5.75 Å². The normalized spacial score (nSPS) is 24.4. The van der Waals surface area contributed by atoms with Gasteiger partial charge in [-0.1, -0.05) is 6.92 Å². The van der Waals surface area contributed by atoms with Crippen molar-refractivity contribution >= 4 is 5.78 Å². The molecule has 0 saturated carbocycles. The van der Waals surface area contributed by atoms with E-state index >= 15 is 0 Å². The van der Waals surface area contributed by atoms with E-state index < -0.39 is 0 Å². The highest BCUT2D eigenvalue weighted by atomic mass is 16.5. The van der Waals surface area contributed by atoms with Crippen LogP contribution in [0.25, 0.3) is 0 Å². The van der Waals surface area contributed by atoms with Crippen LogP contribution in [0.3, 0.4) is 0 Å². The third kappa shape index (κ3) is 2.09. The van der Waals surface area contributed by atoms with Gasteiger partial charge in [0.2, 0.25) is 0 Å². The van der Waals surface area contributed by atoms with E-state index in [2.05, 4.69) is 12.2 Å². The molecule has 2 atom stereocenters. The number of carbonyl (C=O) groups is 1. The molecule has 2 rings (SSSR count). The van der Waals surface area contributed by atoms with Gasteiger partial charge in [-0.3, -0.25) is 4.79 Å².